The summed E-state index contributed by atoms with van der Waals surface area (Å²) in [6.07, 6.45) is 0.731. The van der Waals surface area contributed by atoms with Gasteiger partial charge in [0.2, 0.25) is 5.95 Å². The van der Waals surface area contributed by atoms with Gasteiger partial charge >= 0.3 is 0 Å². The number of anilines is 2. The average molecular weight is 490 g/mol. The van der Waals surface area contributed by atoms with Crippen LogP contribution in [-0.2, 0) is 4.79 Å². The fourth-order valence-corrected chi connectivity index (χ4v) is 4.20. The molecular weight excluding hydrogens is 466 g/mol. The average Bonchev–Trinajstić information content (AvgIpc) is 3.30. The number of rotatable bonds is 7. The van der Waals surface area contributed by atoms with Crippen LogP contribution in [0.15, 0.2) is 78.9 Å². The van der Waals surface area contributed by atoms with Crippen molar-refractivity contribution in [3.8, 4) is 11.5 Å². The van der Waals surface area contributed by atoms with Gasteiger partial charge in [-0.3, -0.25) is 10.1 Å². The molecule has 1 amide bonds. The molecule has 9 heteroatoms. The van der Waals surface area contributed by atoms with Crippen LogP contribution in [0, 0.1) is 0 Å². The zero-order chi connectivity index (χ0) is 24.2. The standard InChI is InChI=1S/C26H24ClN5O3/c1-34-20-13-9-17(10-14-20)22-15-23(18-7-11-19(27)12-8-18)32-26(28-22)30-25(31-32)29-24(33)16-35-21-5-3-2-4-6-21/h2-14,22-23H,15-16H2,1H3,(H2,28,29,30,31,33)/t22-,23+/m0/s1. The van der Waals surface area contributed by atoms with Crippen LogP contribution in [0.5, 0.6) is 11.5 Å². The van der Waals surface area contributed by atoms with Crippen molar-refractivity contribution in [2.75, 3.05) is 24.4 Å². The summed E-state index contributed by atoms with van der Waals surface area (Å²) >= 11 is 6.12. The number of amides is 1. The number of hydrogen-bond donors (Lipinski definition) is 2. The molecule has 4 aromatic rings. The maximum atomic E-state index is 12.5. The van der Waals surface area contributed by atoms with Crippen molar-refractivity contribution >= 4 is 29.4 Å². The lowest BCUT2D eigenvalue weighted by Crippen LogP contribution is -2.28. The summed E-state index contributed by atoms with van der Waals surface area (Å²) < 4.78 is 12.6. The molecule has 0 unspecified atom stereocenters. The van der Waals surface area contributed by atoms with Crippen LogP contribution in [0.25, 0.3) is 0 Å². The molecule has 2 atom stereocenters. The van der Waals surface area contributed by atoms with Gasteiger partial charge in [0.25, 0.3) is 11.9 Å². The molecule has 8 nitrogen and oxygen atoms in total. The number of nitrogens with zero attached hydrogens (tertiary/aromatic N) is 3. The fraction of sp³-hybridized carbons (Fsp3) is 0.192. The van der Waals surface area contributed by atoms with Crippen LogP contribution in [0.4, 0.5) is 11.9 Å². The Balaban J connectivity index is 1.38. The number of halogens is 1. The molecule has 0 spiro atoms. The first-order chi connectivity index (χ1) is 17.1. The predicted octanol–water partition coefficient (Wildman–Crippen LogP) is 5.10. The van der Waals surface area contributed by atoms with Crippen LogP contribution in [-0.4, -0.2) is 34.4 Å². The number of nitrogens with one attached hydrogen (secondary N) is 2. The van der Waals surface area contributed by atoms with Crippen LogP contribution >= 0.6 is 11.6 Å². The molecular formula is C26H24ClN5O3. The van der Waals surface area contributed by atoms with E-state index in [0.717, 1.165) is 23.3 Å². The highest BCUT2D eigenvalue weighted by Gasteiger charge is 2.31. The van der Waals surface area contributed by atoms with Crippen molar-refractivity contribution in [3.63, 3.8) is 0 Å². The second kappa shape index (κ2) is 10.1. The Hall–Kier alpha value is -4.04. The number of ether oxygens (including phenoxy) is 2. The summed E-state index contributed by atoms with van der Waals surface area (Å²) in [5.41, 5.74) is 2.15. The largest absolute Gasteiger partial charge is 0.497 e. The molecule has 0 saturated carbocycles. The molecule has 35 heavy (non-hydrogen) atoms. The van der Waals surface area contributed by atoms with Gasteiger partial charge < -0.3 is 14.8 Å². The van der Waals surface area contributed by atoms with Crippen molar-refractivity contribution in [3.05, 3.63) is 95.0 Å². The number of aromatic nitrogens is 3. The third-order valence-electron chi connectivity index (χ3n) is 5.83. The molecule has 0 bridgehead atoms. The van der Waals surface area contributed by atoms with E-state index in [1.165, 1.54) is 0 Å². The highest BCUT2D eigenvalue weighted by Crippen LogP contribution is 2.38. The molecule has 0 radical (unpaired) electrons. The van der Waals surface area contributed by atoms with E-state index in [9.17, 15) is 4.79 Å². The van der Waals surface area contributed by atoms with Crippen molar-refractivity contribution < 1.29 is 14.3 Å². The third kappa shape index (κ3) is 5.22. The summed E-state index contributed by atoms with van der Waals surface area (Å²) in [6.45, 7) is -0.142. The monoisotopic (exact) mass is 489 g/mol. The van der Waals surface area contributed by atoms with Gasteiger partial charge in [0, 0.05) is 5.02 Å². The van der Waals surface area contributed by atoms with Crippen LogP contribution < -0.4 is 20.1 Å². The molecule has 178 valence electrons. The van der Waals surface area contributed by atoms with E-state index in [1.54, 1.807) is 23.9 Å². The smallest absolute Gasteiger partial charge is 0.264 e. The van der Waals surface area contributed by atoms with Gasteiger partial charge in [0.1, 0.15) is 11.5 Å². The zero-order valence-electron chi connectivity index (χ0n) is 19.0. The van der Waals surface area contributed by atoms with E-state index in [-0.39, 0.29) is 30.5 Å². The quantitative estimate of drug-likeness (QED) is 0.375. The lowest BCUT2D eigenvalue weighted by atomic mass is 9.93. The number of para-hydroxylation sites is 1. The van der Waals surface area contributed by atoms with Gasteiger partial charge in [0.05, 0.1) is 19.2 Å². The molecule has 0 aliphatic carbocycles. The Bertz CT molecular complexity index is 1290. The number of benzene rings is 3. The lowest BCUT2D eigenvalue weighted by Gasteiger charge is -2.31. The Kier molecular flexibility index (Phi) is 6.54. The first kappa shape index (κ1) is 22.7. The Labute approximate surface area is 207 Å². The highest BCUT2D eigenvalue weighted by molar-refractivity contribution is 6.30. The minimum Gasteiger partial charge on any atom is -0.497 e. The molecule has 3 aromatic carbocycles. The molecule has 2 heterocycles. The molecule has 1 aliphatic heterocycles. The predicted molar refractivity (Wildman–Crippen MR) is 134 cm³/mol. The maximum absolute atomic E-state index is 12.5. The minimum atomic E-state index is -0.341. The van der Waals surface area contributed by atoms with E-state index >= 15 is 0 Å². The maximum Gasteiger partial charge on any atom is 0.264 e. The van der Waals surface area contributed by atoms with Crippen molar-refractivity contribution in [1.82, 2.24) is 14.8 Å². The first-order valence-electron chi connectivity index (χ1n) is 11.2. The first-order valence-corrected chi connectivity index (χ1v) is 11.6. The van der Waals surface area contributed by atoms with E-state index in [0.29, 0.717) is 16.7 Å². The second-order valence-corrected chi connectivity index (χ2v) is 8.56. The number of fused-ring (bicyclic) bond motifs is 1. The van der Waals surface area contributed by atoms with Crippen LogP contribution in [0.1, 0.15) is 29.6 Å². The van der Waals surface area contributed by atoms with E-state index in [1.807, 2.05) is 66.7 Å². The van der Waals surface area contributed by atoms with Gasteiger partial charge in [0.15, 0.2) is 6.61 Å². The second-order valence-electron chi connectivity index (χ2n) is 8.13. The van der Waals surface area contributed by atoms with Gasteiger partial charge in [-0.2, -0.15) is 4.98 Å². The van der Waals surface area contributed by atoms with Gasteiger partial charge in [-0.05, 0) is 53.9 Å². The minimum absolute atomic E-state index is 0.0109. The summed E-state index contributed by atoms with van der Waals surface area (Å²) in [4.78, 5) is 17.0. The molecule has 2 N–H and O–H groups in total. The number of hydrogen-bond acceptors (Lipinski definition) is 6. The number of carbonyl (C=O) groups is 1. The van der Waals surface area contributed by atoms with Crippen LogP contribution in [0.3, 0.4) is 0 Å². The Morgan fingerprint density at radius 3 is 2.46 bits per heavy atom. The normalized spacial score (nSPS) is 16.6. The van der Waals surface area contributed by atoms with Crippen molar-refractivity contribution in [2.24, 2.45) is 0 Å². The van der Waals surface area contributed by atoms with E-state index < -0.39 is 0 Å². The van der Waals surface area contributed by atoms with Crippen molar-refractivity contribution in [2.45, 2.75) is 18.5 Å². The summed E-state index contributed by atoms with van der Waals surface area (Å²) in [6, 6.07) is 24.7. The van der Waals surface area contributed by atoms with Crippen molar-refractivity contribution in [1.29, 1.82) is 0 Å². The van der Waals surface area contributed by atoms with Gasteiger partial charge in [-0.25, -0.2) is 4.68 Å². The third-order valence-corrected chi connectivity index (χ3v) is 6.08. The summed E-state index contributed by atoms with van der Waals surface area (Å²) in [5, 5.41) is 11.4. The number of methoxy groups -OCH3 is 1. The molecule has 0 fully saturated rings. The Morgan fingerprint density at radius 2 is 1.74 bits per heavy atom. The molecule has 5 rings (SSSR count). The lowest BCUT2D eigenvalue weighted by molar-refractivity contribution is -0.118. The summed E-state index contributed by atoms with van der Waals surface area (Å²) in [5.74, 6) is 1.85. The van der Waals surface area contributed by atoms with Gasteiger partial charge in [-0.15, -0.1) is 5.10 Å². The number of carbonyl (C=O) groups excluding carboxylic acids is 1. The SMILES string of the molecule is COc1ccc([C@@H]2C[C@H](c3ccc(Cl)cc3)n3nc(NC(=O)COc4ccccc4)nc3N2)cc1. The molecule has 1 aromatic heterocycles. The molecule has 1 aliphatic rings. The van der Waals surface area contributed by atoms with E-state index in [2.05, 4.69) is 20.7 Å². The highest BCUT2D eigenvalue weighted by atomic mass is 35.5. The van der Waals surface area contributed by atoms with Crippen LogP contribution in [0.2, 0.25) is 5.02 Å². The Morgan fingerprint density at radius 1 is 1.03 bits per heavy atom. The zero-order valence-corrected chi connectivity index (χ0v) is 19.8. The van der Waals surface area contributed by atoms with E-state index in [4.69, 9.17) is 21.1 Å². The van der Waals surface area contributed by atoms with Gasteiger partial charge in [-0.1, -0.05) is 54.1 Å². The summed E-state index contributed by atoms with van der Waals surface area (Å²) in [7, 11) is 1.65. The fourth-order valence-electron chi connectivity index (χ4n) is 4.07. The molecule has 0 saturated heterocycles. The topological polar surface area (TPSA) is 90.3 Å².